The van der Waals surface area contributed by atoms with Gasteiger partial charge in [-0.15, -0.1) is 0 Å². The molecule has 0 aliphatic carbocycles. The third kappa shape index (κ3) is 4.84. The van der Waals surface area contributed by atoms with Gasteiger partial charge in [0.05, 0.1) is 4.47 Å². The van der Waals surface area contributed by atoms with Gasteiger partial charge >= 0.3 is 0 Å². The summed E-state index contributed by atoms with van der Waals surface area (Å²) in [5, 5.41) is 0. The Morgan fingerprint density at radius 1 is 0.800 bits per heavy atom. The van der Waals surface area contributed by atoms with Crippen LogP contribution in [0.25, 0.3) is 11.1 Å². The van der Waals surface area contributed by atoms with Crippen LogP contribution in [0.3, 0.4) is 0 Å². The topological polar surface area (TPSA) is 27.7 Å². The van der Waals surface area contributed by atoms with Gasteiger partial charge in [-0.2, -0.15) is 0 Å². The second kappa shape index (κ2) is 8.70. The molecule has 0 bridgehead atoms. The third-order valence-corrected chi connectivity index (χ3v) is 4.33. The van der Waals surface area contributed by atoms with E-state index < -0.39 is 0 Å². The van der Waals surface area contributed by atoms with Crippen LogP contribution in [0.1, 0.15) is 5.56 Å². The molecule has 4 heteroatoms. The highest BCUT2D eigenvalue weighted by Crippen LogP contribution is 2.32. The highest BCUT2D eigenvalue weighted by Gasteiger charge is 2.06. The molecule has 0 aliphatic heterocycles. The molecule has 3 nitrogen and oxygen atoms in total. The molecule has 0 aliphatic rings. The van der Waals surface area contributed by atoms with E-state index >= 15 is 0 Å². The van der Waals surface area contributed by atoms with E-state index in [1.54, 1.807) is 7.11 Å². The van der Waals surface area contributed by atoms with Crippen molar-refractivity contribution in [2.75, 3.05) is 13.9 Å². The molecular weight excluding hydrogens is 380 g/mol. The number of halogens is 1. The van der Waals surface area contributed by atoms with Gasteiger partial charge in [-0.1, -0.05) is 48.5 Å². The number of rotatable bonds is 7. The Morgan fingerprint density at radius 3 is 2.40 bits per heavy atom. The van der Waals surface area contributed by atoms with Crippen LogP contribution in [0.5, 0.6) is 11.5 Å². The Morgan fingerprint density at radius 2 is 1.60 bits per heavy atom. The van der Waals surface area contributed by atoms with Crippen molar-refractivity contribution in [1.29, 1.82) is 0 Å². The van der Waals surface area contributed by atoms with Crippen molar-refractivity contribution < 1.29 is 14.2 Å². The van der Waals surface area contributed by atoms with Crippen molar-refractivity contribution >= 4 is 15.9 Å². The summed E-state index contributed by atoms with van der Waals surface area (Å²) in [5.41, 5.74) is 3.27. The van der Waals surface area contributed by atoms with Crippen molar-refractivity contribution in [3.63, 3.8) is 0 Å². The summed E-state index contributed by atoms with van der Waals surface area (Å²) in [4.78, 5) is 0. The van der Waals surface area contributed by atoms with Crippen molar-refractivity contribution in [1.82, 2.24) is 0 Å². The molecule has 0 saturated carbocycles. The molecule has 0 N–H and O–H groups in total. The third-order valence-electron chi connectivity index (χ3n) is 3.68. The van der Waals surface area contributed by atoms with Gasteiger partial charge in [-0.3, -0.25) is 0 Å². The molecule has 0 heterocycles. The zero-order valence-electron chi connectivity index (χ0n) is 13.9. The summed E-state index contributed by atoms with van der Waals surface area (Å²) in [6.07, 6.45) is 0. The fourth-order valence-electron chi connectivity index (χ4n) is 2.42. The molecule has 3 aromatic rings. The fourth-order valence-corrected chi connectivity index (χ4v) is 2.78. The van der Waals surface area contributed by atoms with E-state index in [1.165, 1.54) is 0 Å². The van der Waals surface area contributed by atoms with Gasteiger partial charge in [-0.05, 0) is 56.9 Å². The molecule has 3 rings (SSSR count). The van der Waals surface area contributed by atoms with Crippen LogP contribution < -0.4 is 9.47 Å². The van der Waals surface area contributed by atoms with Crippen LogP contribution in [-0.2, 0) is 11.3 Å². The average Bonchev–Trinajstić information content (AvgIpc) is 2.67. The molecule has 0 amide bonds. The largest absolute Gasteiger partial charge is 0.489 e. The minimum atomic E-state index is 0.211. The lowest BCUT2D eigenvalue weighted by Crippen LogP contribution is -1.99. The van der Waals surface area contributed by atoms with E-state index in [4.69, 9.17) is 14.2 Å². The quantitative estimate of drug-likeness (QED) is 0.479. The summed E-state index contributed by atoms with van der Waals surface area (Å²) < 4.78 is 17.4. The van der Waals surface area contributed by atoms with E-state index in [0.29, 0.717) is 6.61 Å². The number of methoxy groups -OCH3 is 1. The lowest BCUT2D eigenvalue weighted by Gasteiger charge is -2.11. The van der Waals surface area contributed by atoms with E-state index in [1.807, 2.05) is 54.6 Å². The zero-order valence-corrected chi connectivity index (χ0v) is 15.5. The maximum atomic E-state index is 5.91. The molecule has 0 radical (unpaired) electrons. The molecule has 0 unspecified atom stereocenters. The molecule has 3 aromatic carbocycles. The predicted molar refractivity (Wildman–Crippen MR) is 103 cm³/mol. The van der Waals surface area contributed by atoms with Gasteiger partial charge in [0.2, 0.25) is 0 Å². The molecule has 25 heavy (non-hydrogen) atoms. The van der Waals surface area contributed by atoms with E-state index in [2.05, 4.69) is 34.1 Å². The number of benzene rings is 3. The number of hydrogen-bond donors (Lipinski definition) is 0. The molecular formula is C21H19BrO3. The predicted octanol–water partition coefficient (Wildman–Crippen LogP) is 5.68. The van der Waals surface area contributed by atoms with Gasteiger partial charge < -0.3 is 14.2 Å². The van der Waals surface area contributed by atoms with Gasteiger partial charge in [0, 0.05) is 7.11 Å². The van der Waals surface area contributed by atoms with Crippen molar-refractivity contribution in [3.8, 4) is 22.6 Å². The van der Waals surface area contributed by atoms with Gasteiger partial charge in [0.25, 0.3) is 0 Å². The summed E-state index contributed by atoms with van der Waals surface area (Å²) >= 11 is 3.49. The van der Waals surface area contributed by atoms with Crippen LogP contribution in [0, 0.1) is 0 Å². The molecule has 0 atom stereocenters. The maximum Gasteiger partial charge on any atom is 0.188 e. The first-order valence-electron chi connectivity index (χ1n) is 7.95. The minimum absolute atomic E-state index is 0.211. The Labute approximate surface area is 156 Å². The summed E-state index contributed by atoms with van der Waals surface area (Å²) in [7, 11) is 1.60. The second-order valence-electron chi connectivity index (χ2n) is 5.50. The summed E-state index contributed by atoms with van der Waals surface area (Å²) in [6.45, 7) is 0.759. The van der Waals surface area contributed by atoms with Gasteiger partial charge in [0.1, 0.15) is 18.1 Å². The van der Waals surface area contributed by atoms with Crippen molar-refractivity contribution in [2.24, 2.45) is 0 Å². The maximum absolute atomic E-state index is 5.91. The monoisotopic (exact) mass is 398 g/mol. The Hall–Kier alpha value is -2.30. The average molecular weight is 399 g/mol. The van der Waals surface area contributed by atoms with Gasteiger partial charge in [0.15, 0.2) is 6.79 Å². The Balaban J connectivity index is 1.77. The first kappa shape index (κ1) is 17.5. The van der Waals surface area contributed by atoms with E-state index in [9.17, 15) is 0 Å². The van der Waals surface area contributed by atoms with Crippen LogP contribution in [0.15, 0.2) is 77.3 Å². The lowest BCUT2D eigenvalue weighted by atomic mass is 10.1. The normalized spacial score (nSPS) is 10.5. The number of hydrogen-bond acceptors (Lipinski definition) is 3. The van der Waals surface area contributed by atoms with Crippen molar-refractivity contribution in [3.05, 3.63) is 82.8 Å². The van der Waals surface area contributed by atoms with Gasteiger partial charge in [-0.25, -0.2) is 0 Å². The summed E-state index contributed by atoms with van der Waals surface area (Å²) in [6, 6.07) is 24.2. The molecule has 0 fully saturated rings. The lowest BCUT2D eigenvalue weighted by molar-refractivity contribution is 0.0506. The molecule has 0 saturated heterocycles. The van der Waals surface area contributed by atoms with Crippen LogP contribution in [0.2, 0.25) is 0 Å². The smallest absolute Gasteiger partial charge is 0.188 e. The van der Waals surface area contributed by atoms with Crippen LogP contribution in [0.4, 0.5) is 0 Å². The van der Waals surface area contributed by atoms with Crippen LogP contribution >= 0.6 is 15.9 Å². The Bertz CT molecular complexity index is 818. The van der Waals surface area contributed by atoms with E-state index in [-0.39, 0.29) is 6.79 Å². The molecule has 128 valence electrons. The SMILES string of the molecule is COCOc1cc(-c2cccc(OCc3ccccc3)c2)ccc1Br. The molecule has 0 spiro atoms. The second-order valence-corrected chi connectivity index (χ2v) is 6.35. The Kier molecular flexibility index (Phi) is 6.09. The van der Waals surface area contributed by atoms with Crippen molar-refractivity contribution in [2.45, 2.75) is 6.61 Å². The standard InChI is InChI=1S/C21H19BrO3/c1-23-15-25-21-13-18(10-11-20(21)22)17-8-5-9-19(12-17)24-14-16-6-3-2-4-7-16/h2-13H,14-15H2,1H3. The summed E-state index contributed by atoms with van der Waals surface area (Å²) in [5.74, 6) is 1.58. The first-order chi connectivity index (χ1) is 12.3. The first-order valence-corrected chi connectivity index (χ1v) is 8.74. The van der Waals surface area contributed by atoms with E-state index in [0.717, 1.165) is 32.7 Å². The highest BCUT2D eigenvalue weighted by atomic mass is 79.9. The molecule has 0 aromatic heterocycles. The highest BCUT2D eigenvalue weighted by molar-refractivity contribution is 9.10. The zero-order chi connectivity index (χ0) is 17.5. The number of ether oxygens (including phenoxy) is 3. The minimum Gasteiger partial charge on any atom is -0.489 e. The fraction of sp³-hybridized carbons (Fsp3) is 0.143. The van der Waals surface area contributed by atoms with Crippen LogP contribution in [-0.4, -0.2) is 13.9 Å².